The predicted molar refractivity (Wildman–Crippen MR) is 134 cm³/mol. The molecule has 4 rings (SSSR count). The summed E-state index contributed by atoms with van der Waals surface area (Å²) in [6.07, 6.45) is 1.77. The van der Waals surface area contributed by atoms with E-state index >= 15 is 0 Å². The number of amides is 2. The monoisotopic (exact) mass is 456 g/mol. The van der Waals surface area contributed by atoms with Crippen LogP contribution in [0.4, 0.5) is 11.4 Å². The van der Waals surface area contributed by atoms with Crippen LogP contribution in [0.2, 0.25) is 0 Å². The largest absolute Gasteiger partial charge is 0.497 e. The molecule has 1 aliphatic rings. The lowest BCUT2D eigenvalue weighted by atomic mass is 10.0. The number of nitrogens with one attached hydrogen (secondary N) is 1. The molecule has 0 unspecified atom stereocenters. The third-order valence-electron chi connectivity index (χ3n) is 5.64. The van der Waals surface area contributed by atoms with Gasteiger partial charge in [0.05, 0.1) is 25.0 Å². The molecule has 6 heteroatoms. The Bertz CT molecular complexity index is 1210. The summed E-state index contributed by atoms with van der Waals surface area (Å²) in [4.78, 5) is 28.4. The smallest absolute Gasteiger partial charge is 0.282 e. The maximum absolute atomic E-state index is 13.6. The highest BCUT2D eigenvalue weighted by molar-refractivity contribution is 6.46. The van der Waals surface area contributed by atoms with Gasteiger partial charge in [0.1, 0.15) is 17.2 Å². The van der Waals surface area contributed by atoms with Crippen molar-refractivity contribution < 1.29 is 19.1 Å². The molecule has 3 aromatic carbocycles. The zero-order valence-corrected chi connectivity index (χ0v) is 19.6. The number of carbonyl (C=O) groups excluding carboxylic acids is 2. The summed E-state index contributed by atoms with van der Waals surface area (Å²) in [6, 6.07) is 22.0. The summed E-state index contributed by atoms with van der Waals surface area (Å²) in [5.74, 6) is 0.589. The molecule has 1 heterocycles. The second-order valence-corrected chi connectivity index (χ2v) is 7.95. The highest BCUT2D eigenvalue weighted by Crippen LogP contribution is 2.35. The molecule has 174 valence electrons. The number of ether oxygens (including phenoxy) is 2. The van der Waals surface area contributed by atoms with Crippen molar-refractivity contribution in [2.24, 2.45) is 0 Å². The molecular weight excluding hydrogens is 428 g/mol. The summed E-state index contributed by atoms with van der Waals surface area (Å²) < 4.78 is 11.0. The first-order valence-electron chi connectivity index (χ1n) is 11.4. The van der Waals surface area contributed by atoms with Gasteiger partial charge in [0.25, 0.3) is 11.8 Å². The summed E-state index contributed by atoms with van der Waals surface area (Å²) in [6.45, 7) is 4.70. The van der Waals surface area contributed by atoms with Crippen LogP contribution in [-0.4, -0.2) is 25.5 Å². The van der Waals surface area contributed by atoms with Gasteiger partial charge in [-0.25, -0.2) is 4.90 Å². The van der Waals surface area contributed by atoms with E-state index in [0.29, 0.717) is 40.6 Å². The molecular formula is C28H28N2O4. The zero-order valence-electron chi connectivity index (χ0n) is 19.6. The van der Waals surface area contributed by atoms with Gasteiger partial charge in [0.2, 0.25) is 0 Å². The van der Waals surface area contributed by atoms with Crippen LogP contribution in [0.5, 0.6) is 11.5 Å². The molecule has 0 aliphatic carbocycles. The SMILES string of the molecule is CCCOc1cccc(NC2=C(c3ccc(OC)cc3)C(=O)N(c3ccc(CC)cc3)C2=O)c1. The van der Waals surface area contributed by atoms with Crippen LogP contribution in [0.3, 0.4) is 0 Å². The van der Waals surface area contributed by atoms with Crippen molar-refractivity contribution in [3.8, 4) is 11.5 Å². The second kappa shape index (κ2) is 10.3. The van der Waals surface area contributed by atoms with Gasteiger partial charge in [-0.3, -0.25) is 9.59 Å². The van der Waals surface area contributed by atoms with E-state index in [0.717, 1.165) is 18.4 Å². The topological polar surface area (TPSA) is 67.9 Å². The molecule has 2 amide bonds. The number of methoxy groups -OCH3 is 1. The van der Waals surface area contributed by atoms with Gasteiger partial charge in [-0.15, -0.1) is 0 Å². The number of anilines is 2. The summed E-state index contributed by atoms with van der Waals surface area (Å²) in [5, 5.41) is 3.19. The molecule has 0 saturated carbocycles. The van der Waals surface area contributed by atoms with Crippen molar-refractivity contribution in [3.63, 3.8) is 0 Å². The minimum atomic E-state index is -0.403. The van der Waals surface area contributed by atoms with E-state index < -0.39 is 5.91 Å². The van der Waals surface area contributed by atoms with E-state index in [-0.39, 0.29) is 11.6 Å². The molecule has 0 radical (unpaired) electrons. The van der Waals surface area contributed by atoms with Crippen molar-refractivity contribution in [2.75, 3.05) is 23.9 Å². The molecule has 0 bridgehead atoms. The Balaban J connectivity index is 1.74. The fraction of sp³-hybridized carbons (Fsp3) is 0.214. The highest BCUT2D eigenvalue weighted by Gasteiger charge is 2.40. The van der Waals surface area contributed by atoms with Gasteiger partial charge in [-0.2, -0.15) is 0 Å². The second-order valence-electron chi connectivity index (χ2n) is 7.95. The fourth-order valence-electron chi connectivity index (χ4n) is 3.81. The first kappa shape index (κ1) is 23.1. The van der Waals surface area contributed by atoms with E-state index in [9.17, 15) is 9.59 Å². The molecule has 3 aromatic rings. The van der Waals surface area contributed by atoms with Crippen molar-refractivity contribution in [1.29, 1.82) is 0 Å². The number of carbonyl (C=O) groups is 2. The summed E-state index contributed by atoms with van der Waals surface area (Å²) >= 11 is 0. The lowest BCUT2D eigenvalue weighted by Crippen LogP contribution is -2.32. The van der Waals surface area contributed by atoms with Gasteiger partial charge in [0.15, 0.2) is 0 Å². The predicted octanol–water partition coefficient (Wildman–Crippen LogP) is 5.44. The van der Waals surface area contributed by atoms with E-state index in [1.54, 1.807) is 31.4 Å². The van der Waals surface area contributed by atoms with Crippen LogP contribution in [0, 0.1) is 0 Å². The first-order chi connectivity index (χ1) is 16.5. The maximum Gasteiger partial charge on any atom is 0.282 e. The zero-order chi connectivity index (χ0) is 24.1. The quantitative estimate of drug-likeness (QED) is 0.434. The fourth-order valence-corrected chi connectivity index (χ4v) is 3.81. The third-order valence-corrected chi connectivity index (χ3v) is 5.64. The minimum Gasteiger partial charge on any atom is -0.497 e. The van der Waals surface area contributed by atoms with E-state index in [2.05, 4.69) is 12.2 Å². The van der Waals surface area contributed by atoms with E-state index in [4.69, 9.17) is 9.47 Å². The van der Waals surface area contributed by atoms with Crippen molar-refractivity contribution >= 4 is 28.8 Å². The lowest BCUT2D eigenvalue weighted by Gasteiger charge is -2.16. The van der Waals surface area contributed by atoms with Gasteiger partial charge < -0.3 is 14.8 Å². The van der Waals surface area contributed by atoms with Crippen LogP contribution in [0.25, 0.3) is 5.57 Å². The minimum absolute atomic E-state index is 0.224. The number of benzene rings is 3. The molecule has 0 saturated heterocycles. The molecule has 0 aromatic heterocycles. The van der Waals surface area contributed by atoms with Crippen LogP contribution in [0.15, 0.2) is 78.5 Å². The van der Waals surface area contributed by atoms with Gasteiger partial charge in [0, 0.05) is 11.8 Å². The van der Waals surface area contributed by atoms with Crippen molar-refractivity contribution in [3.05, 3.63) is 89.6 Å². The van der Waals surface area contributed by atoms with Crippen molar-refractivity contribution in [2.45, 2.75) is 26.7 Å². The first-order valence-corrected chi connectivity index (χ1v) is 11.4. The molecule has 1 N–H and O–H groups in total. The van der Waals surface area contributed by atoms with Gasteiger partial charge in [-0.1, -0.05) is 44.2 Å². The Morgan fingerprint density at radius 2 is 1.59 bits per heavy atom. The molecule has 34 heavy (non-hydrogen) atoms. The average Bonchev–Trinajstić information content (AvgIpc) is 3.12. The Labute approximate surface area is 199 Å². The number of hydrogen-bond acceptors (Lipinski definition) is 5. The molecule has 6 nitrogen and oxygen atoms in total. The van der Waals surface area contributed by atoms with E-state index in [1.807, 2.05) is 55.5 Å². The van der Waals surface area contributed by atoms with Crippen LogP contribution in [-0.2, 0) is 16.0 Å². The number of imide groups is 1. The maximum atomic E-state index is 13.6. The van der Waals surface area contributed by atoms with Crippen LogP contribution < -0.4 is 19.7 Å². The Kier molecular flexibility index (Phi) is 6.97. The molecule has 1 aliphatic heterocycles. The molecule has 0 fully saturated rings. The average molecular weight is 457 g/mol. The number of nitrogens with zero attached hydrogens (tertiary/aromatic N) is 1. The number of hydrogen-bond donors (Lipinski definition) is 1. The Morgan fingerprint density at radius 3 is 2.24 bits per heavy atom. The normalized spacial score (nSPS) is 13.4. The van der Waals surface area contributed by atoms with Gasteiger partial charge >= 0.3 is 0 Å². The standard InChI is InChI=1S/C28H28N2O4/c1-4-17-34-24-8-6-7-21(18-24)29-26-25(20-11-15-23(33-3)16-12-20)27(31)30(28(26)32)22-13-9-19(5-2)10-14-22/h6-16,18,29H,4-5,17H2,1-3H3. The van der Waals surface area contributed by atoms with Crippen LogP contribution in [0.1, 0.15) is 31.4 Å². The van der Waals surface area contributed by atoms with E-state index in [1.165, 1.54) is 4.90 Å². The van der Waals surface area contributed by atoms with Crippen LogP contribution >= 0.6 is 0 Å². The Morgan fingerprint density at radius 1 is 0.853 bits per heavy atom. The summed E-state index contributed by atoms with van der Waals surface area (Å²) in [5.41, 5.74) is 3.50. The Hall–Kier alpha value is -4.06. The number of aryl methyl sites for hydroxylation is 1. The number of rotatable bonds is 9. The van der Waals surface area contributed by atoms with Crippen molar-refractivity contribution in [1.82, 2.24) is 0 Å². The lowest BCUT2D eigenvalue weighted by molar-refractivity contribution is -0.120. The highest BCUT2D eigenvalue weighted by atomic mass is 16.5. The van der Waals surface area contributed by atoms with Gasteiger partial charge in [-0.05, 0) is 60.4 Å². The molecule has 0 atom stereocenters. The molecule has 0 spiro atoms. The third kappa shape index (κ3) is 4.66. The summed E-state index contributed by atoms with van der Waals surface area (Å²) in [7, 11) is 1.58.